The van der Waals surface area contributed by atoms with Gasteiger partial charge in [-0.3, -0.25) is 9.48 Å². The highest BCUT2D eigenvalue weighted by molar-refractivity contribution is 7.14. The molecule has 3 aromatic rings. The van der Waals surface area contributed by atoms with E-state index in [0.717, 1.165) is 34.2 Å². The van der Waals surface area contributed by atoms with Crippen molar-refractivity contribution in [1.29, 1.82) is 0 Å². The maximum absolute atomic E-state index is 12.9. The van der Waals surface area contributed by atoms with E-state index >= 15 is 0 Å². The molecule has 0 bridgehead atoms. The largest absolute Gasteiger partial charge is 0.373 e. The smallest absolute Gasteiger partial charge is 0.257 e. The fraction of sp³-hybridized carbons (Fsp3) is 0.476. The minimum Gasteiger partial charge on any atom is -0.373 e. The quantitative estimate of drug-likeness (QED) is 0.670. The molecule has 1 amide bonds. The number of piperidine rings is 1. The van der Waals surface area contributed by atoms with Crippen LogP contribution >= 0.6 is 11.3 Å². The van der Waals surface area contributed by atoms with Gasteiger partial charge in [0.2, 0.25) is 0 Å². The van der Waals surface area contributed by atoms with Crippen molar-refractivity contribution in [2.75, 3.05) is 25.5 Å². The third-order valence-corrected chi connectivity index (χ3v) is 6.33. The molecular formula is C21H27N7OS. The van der Waals surface area contributed by atoms with Crippen LogP contribution in [0.1, 0.15) is 59.7 Å². The zero-order chi connectivity index (χ0) is 21.3. The minimum absolute atomic E-state index is 0.0553. The molecule has 4 heterocycles. The Morgan fingerprint density at radius 3 is 2.60 bits per heavy atom. The average Bonchev–Trinajstić information content (AvgIpc) is 3.42. The number of hydrogen-bond acceptors (Lipinski definition) is 7. The Bertz CT molecular complexity index is 1030. The number of aryl methyl sites for hydroxylation is 1. The fourth-order valence-electron chi connectivity index (χ4n) is 3.67. The van der Waals surface area contributed by atoms with Crippen LogP contribution in [0.25, 0.3) is 10.7 Å². The van der Waals surface area contributed by atoms with Crippen molar-refractivity contribution < 1.29 is 4.79 Å². The number of carbonyl (C=O) groups excluding carboxylic acids is 1. The lowest BCUT2D eigenvalue weighted by Gasteiger charge is -2.31. The van der Waals surface area contributed by atoms with Crippen molar-refractivity contribution in [1.82, 2.24) is 29.6 Å². The summed E-state index contributed by atoms with van der Waals surface area (Å²) in [5, 5.41) is 8.43. The van der Waals surface area contributed by atoms with Crippen LogP contribution in [-0.2, 0) is 0 Å². The number of carbonyl (C=O) groups is 1. The molecule has 0 saturated carbocycles. The first-order valence-electron chi connectivity index (χ1n) is 10.3. The number of hydrogen-bond donors (Lipinski definition) is 1. The van der Waals surface area contributed by atoms with Crippen LogP contribution in [0.4, 0.5) is 5.82 Å². The second kappa shape index (κ2) is 8.51. The van der Waals surface area contributed by atoms with E-state index in [1.807, 2.05) is 42.0 Å². The molecule has 8 nitrogen and oxygen atoms in total. The van der Waals surface area contributed by atoms with Gasteiger partial charge in [-0.05, 0) is 33.6 Å². The van der Waals surface area contributed by atoms with Gasteiger partial charge >= 0.3 is 0 Å². The molecule has 1 fully saturated rings. The van der Waals surface area contributed by atoms with Gasteiger partial charge < -0.3 is 10.2 Å². The molecular weight excluding hydrogens is 398 g/mol. The Kier molecular flexibility index (Phi) is 5.80. The van der Waals surface area contributed by atoms with Crippen LogP contribution < -0.4 is 5.32 Å². The number of amides is 1. The molecule has 4 rings (SSSR count). The second-order valence-corrected chi connectivity index (χ2v) is 9.10. The molecule has 30 heavy (non-hydrogen) atoms. The Balaban J connectivity index is 1.47. The van der Waals surface area contributed by atoms with Gasteiger partial charge in [0.25, 0.3) is 5.91 Å². The summed E-state index contributed by atoms with van der Waals surface area (Å²) in [5.74, 6) is 1.87. The van der Waals surface area contributed by atoms with Crippen LogP contribution in [0.3, 0.4) is 0 Å². The molecule has 9 heteroatoms. The molecule has 0 aromatic carbocycles. The lowest BCUT2D eigenvalue weighted by molar-refractivity contribution is 0.0712. The molecule has 0 unspecified atom stereocenters. The predicted octanol–water partition coefficient (Wildman–Crippen LogP) is 3.75. The van der Waals surface area contributed by atoms with Gasteiger partial charge in [0.05, 0.1) is 21.6 Å². The third-order valence-electron chi connectivity index (χ3n) is 5.42. The standard InChI is InChI=1S/C21H27N7OS/c1-13(2)28-12-16(10-24-28)21(29)27-7-5-15(6-8-27)17-9-19(22-4)26-20(25-17)18-11-23-14(3)30-18/h9-13,15H,5-8H2,1-4H3,(H,22,25,26). The fourth-order valence-corrected chi connectivity index (χ4v) is 4.38. The third kappa shape index (κ3) is 4.21. The molecule has 1 aliphatic heterocycles. The number of likely N-dealkylation sites (tertiary alicyclic amines) is 1. The van der Waals surface area contributed by atoms with E-state index in [0.29, 0.717) is 30.4 Å². The molecule has 0 radical (unpaired) electrons. The summed E-state index contributed by atoms with van der Waals surface area (Å²) in [6.45, 7) is 7.51. The van der Waals surface area contributed by atoms with Gasteiger partial charge in [-0.15, -0.1) is 11.3 Å². The van der Waals surface area contributed by atoms with E-state index in [1.165, 1.54) is 0 Å². The summed E-state index contributed by atoms with van der Waals surface area (Å²) in [6.07, 6.45) is 7.10. The molecule has 1 saturated heterocycles. The summed E-state index contributed by atoms with van der Waals surface area (Å²) in [6, 6.07) is 2.26. The molecule has 1 aliphatic rings. The molecule has 1 N–H and O–H groups in total. The molecule has 0 aliphatic carbocycles. The topological polar surface area (TPSA) is 88.8 Å². The molecule has 3 aromatic heterocycles. The van der Waals surface area contributed by atoms with E-state index in [2.05, 4.69) is 34.2 Å². The monoisotopic (exact) mass is 425 g/mol. The van der Waals surface area contributed by atoms with Gasteiger partial charge in [-0.25, -0.2) is 15.0 Å². The number of anilines is 1. The van der Waals surface area contributed by atoms with Crippen LogP contribution in [0.2, 0.25) is 0 Å². The van der Waals surface area contributed by atoms with E-state index < -0.39 is 0 Å². The first-order chi connectivity index (χ1) is 14.4. The van der Waals surface area contributed by atoms with E-state index in [1.54, 1.807) is 17.5 Å². The minimum atomic E-state index is 0.0553. The van der Waals surface area contributed by atoms with Gasteiger partial charge in [-0.1, -0.05) is 0 Å². The van der Waals surface area contributed by atoms with Crippen LogP contribution in [0.5, 0.6) is 0 Å². The predicted molar refractivity (Wildman–Crippen MR) is 118 cm³/mol. The highest BCUT2D eigenvalue weighted by Crippen LogP contribution is 2.31. The summed E-state index contributed by atoms with van der Waals surface area (Å²) in [7, 11) is 1.87. The first kappa shape index (κ1) is 20.5. The lowest BCUT2D eigenvalue weighted by Crippen LogP contribution is -2.38. The number of thiazole rings is 1. The van der Waals surface area contributed by atoms with Crippen LogP contribution in [-0.4, -0.2) is 55.7 Å². The Hall–Kier alpha value is -2.81. The van der Waals surface area contributed by atoms with Crippen molar-refractivity contribution in [3.05, 3.63) is 40.9 Å². The Labute approximate surface area is 180 Å². The summed E-state index contributed by atoms with van der Waals surface area (Å²) in [5.41, 5.74) is 1.68. The van der Waals surface area contributed by atoms with Crippen molar-refractivity contribution in [2.45, 2.75) is 45.6 Å². The lowest BCUT2D eigenvalue weighted by atomic mass is 9.93. The van der Waals surface area contributed by atoms with Gasteiger partial charge in [0, 0.05) is 56.3 Å². The normalized spacial score (nSPS) is 15.0. The van der Waals surface area contributed by atoms with Crippen molar-refractivity contribution in [3.8, 4) is 10.7 Å². The highest BCUT2D eigenvalue weighted by atomic mass is 32.1. The number of rotatable bonds is 5. The first-order valence-corrected chi connectivity index (χ1v) is 11.1. The zero-order valence-electron chi connectivity index (χ0n) is 17.8. The van der Waals surface area contributed by atoms with Crippen LogP contribution in [0, 0.1) is 6.92 Å². The van der Waals surface area contributed by atoms with Gasteiger partial charge in [-0.2, -0.15) is 5.10 Å². The molecule has 0 spiro atoms. The van der Waals surface area contributed by atoms with E-state index in [4.69, 9.17) is 4.98 Å². The average molecular weight is 426 g/mol. The second-order valence-electron chi connectivity index (χ2n) is 7.86. The highest BCUT2D eigenvalue weighted by Gasteiger charge is 2.27. The number of aromatic nitrogens is 5. The summed E-state index contributed by atoms with van der Waals surface area (Å²) >= 11 is 1.60. The van der Waals surface area contributed by atoms with Crippen LogP contribution in [0.15, 0.2) is 24.7 Å². The summed E-state index contributed by atoms with van der Waals surface area (Å²) < 4.78 is 1.82. The molecule has 158 valence electrons. The van der Waals surface area contributed by atoms with Crippen molar-refractivity contribution >= 4 is 23.1 Å². The maximum Gasteiger partial charge on any atom is 0.257 e. The van der Waals surface area contributed by atoms with Crippen molar-refractivity contribution in [2.24, 2.45) is 0 Å². The van der Waals surface area contributed by atoms with E-state index in [9.17, 15) is 4.79 Å². The maximum atomic E-state index is 12.9. The Morgan fingerprint density at radius 2 is 2.00 bits per heavy atom. The number of nitrogens with zero attached hydrogens (tertiary/aromatic N) is 6. The number of nitrogens with one attached hydrogen (secondary N) is 1. The van der Waals surface area contributed by atoms with Gasteiger partial charge in [0.1, 0.15) is 5.82 Å². The van der Waals surface area contributed by atoms with E-state index in [-0.39, 0.29) is 11.9 Å². The van der Waals surface area contributed by atoms with Gasteiger partial charge in [0.15, 0.2) is 5.82 Å². The molecule has 0 atom stereocenters. The zero-order valence-corrected chi connectivity index (χ0v) is 18.6. The SMILES string of the molecule is CNc1cc(C2CCN(C(=O)c3cnn(C(C)C)c3)CC2)nc(-c2cnc(C)s2)n1. The van der Waals surface area contributed by atoms with Crippen molar-refractivity contribution in [3.63, 3.8) is 0 Å². The summed E-state index contributed by atoms with van der Waals surface area (Å²) in [4.78, 5) is 29.5. The Morgan fingerprint density at radius 1 is 1.23 bits per heavy atom.